The van der Waals surface area contributed by atoms with Crippen molar-refractivity contribution in [3.05, 3.63) is 0 Å². The van der Waals surface area contributed by atoms with E-state index in [-0.39, 0.29) is 0 Å². The van der Waals surface area contributed by atoms with Crippen LogP contribution >= 0.6 is 36.2 Å². The average molecular weight is 321 g/mol. The molecule has 9 heteroatoms. The van der Waals surface area contributed by atoms with E-state index in [4.69, 9.17) is 24.4 Å². The summed E-state index contributed by atoms with van der Waals surface area (Å²) < 4.78 is 0. The van der Waals surface area contributed by atoms with E-state index in [2.05, 4.69) is 31.7 Å². The summed E-state index contributed by atoms with van der Waals surface area (Å²) in [4.78, 5) is 0. The smallest absolute Gasteiger partial charge is 0.186 e. The number of nitrogens with one attached hydrogen (secondary N) is 4. The summed E-state index contributed by atoms with van der Waals surface area (Å²) in [5, 5.41) is 14.9. The maximum absolute atomic E-state index is 4.92. The van der Waals surface area contributed by atoms with Crippen LogP contribution in [0.5, 0.6) is 0 Å². The summed E-state index contributed by atoms with van der Waals surface area (Å²) in [6, 6.07) is 0. The third-order valence-corrected chi connectivity index (χ3v) is 3.61. The molecule has 0 radical (unpaired) electrons. The molecule has 6 nitrogen and oxygen atoms in total. The third-order valence-electron chi connectivity index (χ3n) is 1.77. The van der Waals surface area contributed by atoms with Crippen LogP contribution in [0.1, 0.15) is 13.8 Å². The Bertz CT molecular complexity index is 332. The van der Waals surface area contributed by atoms with E-state index >= 15 is 0 Å². The minimum Gasteiger partial charge on any atom is -0.364 e. The number of rotatable bonds is 6. The van der Waals surface area contributed by atoms with E-state index in [9.17, 15) is 0 Å². The SMILES string of the molecule is CNC(=S)N/N=C(/C)CSC/C(C)=N/NC(=S)NC. The molecule has 0 atom stereocenters. The number of nitrogens with zero attached hydrogens (tertiary/aromatic N) is 2. The van der Waals surface area contributed by atoms with Gasteiger partial charge in [0.05, 0.1) is 0 Å². The lowest BCUT2D eigenvalue weighted by molar-refractivity contribution is 0.971. The molecular formula is C10H20N6S3. The van der Waals surface area contributed by atoms with E-state index in [1.165, 1.54) is 0 Å². The largest absolute Gasteiger partial charge is 0.364 e. The van der Waals surface area contributed by atoms with E-state index in [0.29, 0.717) is 10.2 Å². The van der Waals surface area contributed by atoms with Crippen LogP contribution in [0.15, 0.2) is 10.2 Å². The molecule has 0 heterocycles. The molecule has 0 aromatic rings. The van der Waals surface area contributed by atoms with Crippen molar-refractivity contribution in [2.75, 3.05) is 25.6 Å². The fourth-order valence-corrected chi connectivity index (χ4v) is 1.73. The molecule has 0 aromatic carbocycles. The normalized spacial score (nSPS) is 11.8. The standard InChI is InChI=1S/C10H20N6S3/c1-7(13-15-9(17)11-3)5-19-6-8(2)14-16-10(18)12-4/h5-6H2,1-4H3,(H2,11,15,17)(H2,12,16,18)/b13-7-,14-8+. The van der Waals surface area contributed by atoms with Crippen molar-refractivity contribution in [1.82, 2.24) is 21.5 Å². The van der Waals surface area contributed by atoms with Crippen molar-refractivity contribution < 1.29 is 0 Å². The van der Waals surface area contributed by atoms with Crippen molar-refractivity contribution in [2.24, 2.45) is 10.2 Å². The predicted molar refractivity (Wildman–Crippen MR) is 93.1 cm³/mol. The van der Waals surface area contributed by atoms with Crippen LogP contribution in [0, 0.1) is 0 Å². The number of hydrogen-bond acceptors (Lipinski definition) is 5. The van der Waals surface area contributed by atoms with Gasteiger partial charge in [-0.05, 0) is 38.3 Å². The van der Waals surface area contributed by atoms with Gasteiger partial charge in [0.15, 0.2) is 10.2 Å². The van der Waals surface area contributed by atoms with E-state index in [1.807, 2.05) is 13.8 Å². The van der Waals surface area contributed by atoms with Gasteiger partial charge >= 0.3 is 0 Å². The van der Waals surface area contributed by atoms with Gasteiger partial charge in [-0.1, -0.05) is 0 Å². The topological polar surface area (TPSA) is 72.8 Å². The Balaban J connectivity index is 3.89. The van der Waals surface area contributed by atoms with Crippen LogP contribution in [-0.4, -0.2) is 47.2 Å². The molecule has 0 amide bonds. The van der Waals surface area contributed by atoms with Crippen molar-refractivity contribution in [3.8, 4) is 0 Å². The highest BCUT2D eigenvalue weighted by atomic mass is 32.2. The van der Waals surface area contributed by atoms with Crippen LogP contribution in [0.4, 0.5) is 0 Å². The molecule has 108 valence electrons. The molecule has 0 bridgehead atoms. The Morgan fingerprint density at radius 3 is 1.58 bits per heavy atom. The number of hydrogen-bond donors (Lipinski definition) is 4. The molecule has 4 N–H and O–H groups in total. The second-order valence-corrected chi connectivity index (χ2v) is 5.37. The Morgan fingerprint density at radius 2 is 1.26 bits per heavy atom. The zero-order chi connectivity index (χ0) is 14.7. The van der Waals surface area contributed by atoms with Gasteiger partial charge < -0.3 is 10.6 Å². The van der Waals surface area contributed by atoms with Gasteiger partial charge in [-0.3, -0.25) is 10.9 Å². The molecule has 0 fully saturated rings. The van der Waals surface area contributed by atoms with Crippen LogP contribution in [0.2, 0.25) is 0 Å². The molecule has 0 rings (SSSR count). The lowest BCUT2D eigenvalue weighted by Gasteiger charge is -2.05. The fourth-order valence-electron chi connectivity index (χ4n) is 0.815. The fraction of sp³-hybridized carbons (Fsp3) is 0.600. The summed E-state index contributed by atoms with van der Waals surface area (Å²) >= 11 is 11.6. The minimum absolute atomic E-state index is 0.506. The summed E-state index contributed by atoms with van der Waals surface area (Å²) in [5.41, 5.74) is 7.42. The van der Waals surface area contributed by atoms with Crippen molar-refractivity contribution in [3.63, 3.8) is 0 Å². The molecule has 0 aromatic heterocycles. The van der Waals surface area contributed by atoms with Gasteiger partial charge in [-0.2, -0.15) is 10.2 Å². The van der Waals surface area contributed by atoms with Crippen LogP contribution < -0.4 is 21.5 Å². The molecule has 0 saturated heterocycles. The zero-order valence-corrected chi connectivity index (χ0v) is 14.0. The molecule has 0 aliphatic rings. The second kappa shape index (κ2) is 10.9. The quantitative estimate of drug-likeness (QED) is 0.325. The van der Waals surface area contributed by atoms with Gasteiger partial charge in [-0.15, -0.1) is 11.8 Å². The maximum atomic E-state index is 4.92. The van der Waals surface area contributed by atoms with Crippen molar-refractivity contribution in [1.29, 1.82) is 0 Å². The van der Waals surface area contributed by atoms with Gasteiger partial charge in [0.25, 0.3) is 0 Å². The Morgan fingerprint density at radius 1 is 0.895 bits per heavy atom. The van der Waals surface area contributed by atoms with E-state index in [0.717, 1.165) is 22.9 Å². The van der Waals surface area contributed by atoms with Crippen LogP contribution in [0.3, 0.4) is 0 Å². The zero-order valence-electron chi connectivity index (χ0n) is 11.5. The van der Waals surface area contributed by atoms with Gasteiger partial charge in [0.2, 0.25) is 0 Å². The van der Waals surface area contributed by atoms with Crippen LogP contribution in [-0.2, 0) is 0 Å². The van der Waals surface area contributed by atoms with Crippen molar-refractivity contribution >= 4 is 57.8 Å². The molecule has 0 unspecified atom stereocenters. The monoisotopic (exact) mass is 320 g/mol. The van der Waals surface area contributed by atoms with Gasteiger partial charge in [0.1, 0.15) is 0 Å². The van der Waals surface area contributed by atoms with Gasteiger partial charge in [-0.25, -0.2) is 0 Å². The lowest BCUT2D eigenvalue weighted by Crippen LogP contribution is -2.29. The number of thiocarbonyl (C=S) groups is 2. The second-order valence-electron chi connectivity index (χ2n) is 3.57. The van der Waals surface area contributed by atoms with Gasteiger partial charge in [0, 0.05) is 37.0 Å². The Kier molecular flexibility index (Phi) is 10.4. The van der Waals surface area contributed by atoms with E-state index < -0.39 is 0 Å². The summed E-state index contributed by atoms with van der Waals surface area (Å²) in [5.74, 6) is 1.62. The minimum atomic E-state index is 0.506. The maximum Gasteiger partial charge on any atom is 0.186 e. The molecule has 19 heavy (non-hydrogen) atoms. The first-order valence-electron chi connectivity index (χ1n) is 5.59. The highest BCUT2D eigenvalue weighted by Crippen LogP contribution is 2.01. The highest BCUT2D eigenvalue weighted by Gasteiger charge is 1.97. The summed E-state index contributed by atoms with van der Waals surface area (Å²) in [6.07, 6.45) is 0. The average Bonchev–Trinajstić information content (AvgIpc) is 2.41. The lowest BCUT2D eigenvalue weighted by atomic mass is 10.5. The van der Waals surface area contributed by atoms with Crippen molar-refractivity contribution in [2.45, 2.75) is 13.8 Å². The summed E-state index contributed by atoms with van der Waals surface area (Å²) in [6.45, 7) is 3.89. The molecule has 0 saturated carbocycles. The Hall–Kier alpha value is -0.930. The highest BCUT2D eigenvalue weighted by molar-refractivity contribution is 8.00. The Labute approximate surface area is 129 Å². The molecule has 0 spiro atoms. The molecule has 0 aliphatic carbocycles. The first-order chi connectivity index (χ1) is 8.99. The first-order valence-corrected chi connectivity index (χ1v) is 7.56. The molecular weight excluding hydrogens is 300 g/mol. The number of hydrazone groups is 2. The van der Waals surface area contributed by atoms with E-state index in [1.54, 1.807) is 25.9 Å². The predicted octanol–water partition coefficient (Wildman–Crippen LogP) is 0.659. The molecule has 0 aliphatic heterocycles. The first kappa shape index (κ1) is 18.1. The number of thioether (sulfide) groups is 1. The summed E-state index contributed by atoms with van der Waals surface area (Å²) in [7, 11) is 3.49. The van der Waals surface area contributed by atoms with Crippen LogP contribution in [0.25, 0.3) is 0 Å². The third kappa shape index (κ3) is 10.7.